The summed E-state index contributed by atoms with van der Waals surface area (Å²) in [5, 5.41) is 0. The van der Waals surface area contributed by atoms with Crippen LogP contribution in [-0.2, 0) is 9.53 Å². The average molecular weight is 238 g/mol. The lowest BCUT2D eigenvalue weighted by Gasteiger charge is -2.20. The minimum Gasteiger partial charge on any atom is -0.460 e. The Morgan fingerprint density at radius 3 is 2.83 bits per heavy atom. The van der Waals surface area contributed by atoms with Crippen molar-refractivity contribution in [3.05, 3.63) is 35.9 Å². The lowest BCUT2D eigenvalue weighted by Crippen LogP contribution is -2.25. The first-order chi connectivity index (χ1) is 8.83. The van der Waals surface area contributed by atoms with Gasteiger partial charge in [-0.3, -0.25) is 4.79 Å². The van der Waals surface area contributed by atoms with Gasteiger partial charge in [0, 0.05) is 11.5 Å². The molecule has 3 aliphatic rings. The first kappa shape index (κ1) is 10.2. The average Bonchev–Trinajstić information content (AvgIpc) is 3.00. The molecule has 2 nitrogen and oxygen atoms in total. The van der Waals surface area contributed by atoms with Crippen molar-refractivity contribution < 1.29 is 9.53 Å². The third-order valence-electron chi connectivity index (χ3n) is 4.64. The normalized spacial score (nSPS) is 39.3. The quantitative estimate of drug-likeness (QED) is 0.512. The molecule has 0 amide bonds. The van der Waals surface area contributed by atoms with Gasteiger partial charge in [0.15, 0.2) is 0 Å². The molecule has 1 heterocycles. The van der Waals surface area contributed by atoms with Crippen molar-refractivity contribution in [3.8, 4) is 11.8 Å². The first-order valence-corrected chi connectivity index (χ1v) is 6.60. The van der Waals surface area contributed by atoms with Crippen LogP contribution in [0.5, 0.6) is 0 Å². The molecule has 1 saturated heterocycles. The van der Waals surface area contributed by atoms with Crippen LogP contribution in [0.1, 0.15) is 18.4 Å². The van der Waals surface area contributed by atoms with Crippen LogP contribution in [0, 0.1) is 35.5 Å². The molecule has 5 atom stereocenters. The van der Waals surface area contributed by atoms with Gasteiger partial charge < -0.3 is 4.74 Å². The number of hydrogen-bond donors (Lipinski definition) is 0. The van der Waals surface area contributed by atoms with Crippen LogP contribution in [0.3, 0.4) is 0 Å². The number of rotatable bonds is 0. The molecule has 4 rings (SSSR count). The predicted molar refractivity (Wildman–Crippen MR) is 66.4 cm³/mol. The Morgan fingerprint density at radius 2 is 2.00 bits per heavy atom. The molecule has 1 aliphatic heterocycles. The molecule has 1 aromatic carbocycles. The summed E-state index contributed by atoms with van der Waals surface area (Å²) in [7, 11) is 0. The van der Waals surface area contributed by atoms with Crippen LogP contribution in [0.15, 0.2) is 30.3 Å². The Labute approximate surface area is 106 Å². The molecule has 0 spiro atoms. The van der Waals surface area contributed by atoms with Crippen LogP contribution in [0.2, 0.25) is 0 Å². The number of hydrogen-bond acceptors (Lipinski definition) is 2. The van der Waals surface area contributed by atoms with Crippen molar-refractivity contribution in [2.75, 3.05) is 0 Å². The fourth-order valence-electron chi connectivity index (χ4n) is 3.84. The van der Waals surface area contributed by atoms with E-state index in [-0.39, 0.29) is 23.9 Å². The van der Waals surface area contributed by atoms with Gasteiger partial charge in [-0.2, -0.15) is 0 Å². The van der Waals surface area contributed by atoms with Gasteiger partial charge in [-0.05, 0) is 30.9 Å². The van der Waals surface area contributed by atoms with Crippen LogP contribution in [-0.4, -0.2) is 12.1 Å². The van der Waals surface area contributed by atoms with Crippen molar-refractivity contribution >= 4 is 5.97 Å². The Hall–Kier alpha value is -1.75. The molecule has 0 unspecified atom stereocenters. The van der Waals surface area contributed by atoms with Crippen LogP contribution in [0.4, 0.5) is 0 Å². The summed E-state index contributed by atoms with van der Waals surface area (Å²) >= 11 is 0. The van der Waals surface area contributed by atoms with Crippen molar-refractivity contribution in [1.82, 2.24) is 0 Å². The van der Waals surface area contributed by atoms with Gasteiger partial charge in [0.05, 0.1) is 11.8 Å². The summed E-state index contributed by atoms with van der Waals surface area (Å²) in [4.78, 5) is 11.6. The first-order valence-electron chi connectivity index (χ1n) is 6.60. The van der Waals surface area contributed by atoms with Crippen LogP contribution >= 0.6 is 0 Å². The molecule has 2 saturated carbocycles. The summed E-state index contributed by atoms with van der Waals surface area (Å²) in [6, 6.07) is 10.0. The van der Waals surface area contributed by atoms with E-state index in [2.05, 4.69) is 11.8 Å². The second-order valence-electron chi connectivity index (χ2n) is 5.56. The van der Waals surface area contributed by atoms with Crippen molar-refractivity contribution in [2.45, 2.75) is 18.9 Å². The van der Waals surface area contributed by atoms with E-state index in [0.29, 0.717) is 11.8 Å². The van der Waals surface area contributed by atoms with E-state index >= 15 is 0 Å². The van der Waals surface area contributed by atoms with Gasteiger partial charge in [0.1, 0.15) is 6.10 Å². The fourth-order valence-corrected chi connectivity index (χ4v) is 3.84. The standard InChI is InChI=1S/C16H14O2/c17-16-14-9-11-8-13(14)15(18-16)12(11)7-6-10-4-2-1-3-5-10/h1-5,11-15H,8-9H2/t11-,12-,13+,14-,15+/m1/s1. The Morgan fingerprint density at radius 1 is 1.17 bits per heavy atom. The highest BCUT2D eigenvalue weighted by molar-refractivity contribution is 5.76. The molecule has 2 aliphatic carbocycles. The van der Waals surface area contributed by atoms with Gasteiger partial charge in [-0.25, -0.2) is 0 Å². The molecular weight excluding hydrogens is 224 g/mol. The monoisotopic (exact) mass is 238 g/mol. The zero-order chi connectivity index (χ0) is 12.1. The Bertz CT molecular complexity index is 551. The Kier molecular flexibility index (Phi) is 2.05. The predicted octanol–water partition coefficient (Wildman–Crippen LogP) is 2.24. The fraction of sp³-hybridized carbons (Fsp3) is 0.438. The van der Waals surface area contributed by atoms with E-state index in [1.807, 2.05) is 30.3 Å². The van der Waals surface area contributed by atoms with Crippen molar-refractivity contribution in [3.63, 3.8) is 0 Å². The lowest BCUT2D eigenvalue weighted by molar-refractivity contribution is -0.143. The minimum atomic E-state index is 0.0245. The molecule has 0 N–H and O–H groups in total. The number of benzene rings is 1. The molecule has 90 valence electrons. The van der Waals surface area contributed by atoms with Crippen molar-refractivity contribution in [1.29, 1.82) is 0 Å². The van der Waals surface area contributed by atoms with E-state index in [4.69, 9.17) is 4.74 Å². The van der Waals surface area contributed by atoms with Crippen LogP contribution < -0.4 is 0 Å². The summed E-state index contributed by atoms with van der Waals surface area (Å²) in [6.45, 7) is 0. The summed E-state index contributed by atoms with van der Waals surface area (Å²) in [6.07, 6.45) is 2.21. The highest BCUT2D eigenvalue weighted by Gasteiger charge is 2.61. The number of carbonyl (C=O) groups is 1. The van der Waals surface area contributed by atoms with Gasteiger partial charge in [0.2, 0.25) is 0 Å². The SMILES string of the molecule is O=C1O[C@H]2[C@H](C#Cc3ccccc3)[C@@H]3C[C@H]2[C@H]1C3. The molecule has 0 radical (unpaired) electrons. The van der Waals surface area contributed by atoms with Crippen molar-refractivity contribution in [2.24, 2.45) is 23.7 Å². The molecule has 2 heteroatoms. The lowest BCUT2D eigenvalue weighted by atomic mass is 9.82. The summed E-state index contributed by atoms with van der Waals surface area (Å²) in [5.41, 5.74) is 1.04. The third kappa shape index (κ3) is 1.34. The molecule has 3 fully saturated rings. The van der Waals surface area contributed by atoms with E-state index in [1.54, 1.807) is 0 Å². The number of fused-ring (bicyclic) bond motifs is 1. The van der Waals surface area contributed by atoms with Gasteiger partial charge >= 0.3 is 5.97 Å². The molecule has 1 aromatic rings. The number of esters is 1. The van der Waals surface area contributed by atoms with E-state index in [9.17, 15) is 4.79 Å². The highest BCUT2D eigenvalue weighted by Crippen LogP contribution is 2.57. The molecule has 2 bridgehead atoms. The Balaban J connectivity index is 1.61. The topological polar surface area (TPSA) is 26.3 Å². The van der Waals surface area contributed by atoms with E-state index < -0.39 is 0 Å². The zero-order valence-corrected chi connectivity index (χ0v) is 10.0. The zero-order valence-electron chi connectivity index (χ0n) is 10.0. The van der Waals surface area contributed by atoms with Gasteiger partial charge in [0.25, 0.3) is 0 Å². The second-order valence-corrected chi connectivity index (χ2v) is 5.56. The summed E-state index contributed by atoms with van der Waals surface area (Å²) in [5.74, 6) is 8.09. The van der Waals surface area contributed by atoms with Gasteiger partial charge in [-0.15, -0.1) is 0 Å². The number of carbonyl (C=O) groups excluding carboxylic acids is 1. The maximum atomic E-state index is 11.6. The molecular formula is C16H14O2. The van der Waals surface area contributed by atoms with Crippen LogP contribution in [0.25, 0.3) is 0 Å². The van der Waals surface area contributed by atoms with Gasteiger partial charge in [-0.1, -0.05) is 30.0 Å². The van der Waals surface area contributed by atoms with E-state index in [0.717, 1.165) is 18.4 Å². The summed E-state index contributed by atoms with van der Waals surface area (Å²) < 4.78 is 5.50. The van der Waals surface area contributed by atoms with E-state index in [1.165, 1.54) is 0 Å². The number of ether oxygens (including phenoxy) is 1. The maximum absolute atomic E-state index is 11.6. The molecule has 18 heavy (non-hydrogen) atoms. The smallest absolute Gasteiger partial charge is 0.309 e. The minimum absolute atomic E-state index is 0.0245. The molecule has 0 aromatic heterocycles. The third-order valence-corrected chi connectivity index (χ3v) is 4.64. The largest absolute Gasteiger partial charge is 0.460 e. The highest BCUT2D eigenvalue weighted by atomic mass is 16.6. The second kappa shape index (κ2) is 3.62. The maximum Gasteiger partial charge on any atom is 0.309 e.